The molecule has 0 aliphatic carbocycles. The van der Waals surface area contributed by atoms with Gasteiger partial charge in [0.15, 0.2) is 0 Å². The van der Waals surface area contributed by atoms with E-state index in [1.807, 2.05) is 13.0 Å². The highest BCUT2D eigenvalue weighted by Gasteiger charge is 2.12. The van der Waals surface area contributed by atoms with E-state index in [1.54, 1.807) is 19.2 Å². The summed E-state index contributed by atoms with van der Waals surface area (Å²) in [5.41, 5.74) is 0.805. The van der Waals surface area contributed by atoms with E-state index in [2.05, 4.69) is 17.6 Å². The Hall–Kier alpha value is -1.42. The number of anilines is 1. The first-order valence-electron chi connectivity index (χ1n) is 6.46. The Morgan fingerprint density at radius 3 is 2.84 bits per heavy atom. The van der Waals surface area contributed by atoms with Gasteiger partial charge in [0.1, 0.15) is 11.8 Å². The first-order chi connectivity index (χ1) is 9.08. The average Bonchev–Trinajstić information content (AvgIpc) is 2.41. The van der Waals surface area contributed by atoms with Gasteiger partial charge < -0.3 is 15.4 Å². The third-order valence-corrected chi connectivity index (χ3v) is 3.07. The molecule has 1 atom stereocenters. The van der Waals surface area contributed by atoms with Crippen molar-refractivity contribution >= 4 is 23.2 Å². The van der Waals surface area contributed by atoms with E-state index in [0.717, 1.165) is 18.5 Å². The van der Waals surface area contributed by atoms with Crippen LogP contribution in [-0.4, -0.2) is 25.6 Å². The average molecular weight is 285 g/mol. The second kappa shape index (κ2) is 7.89. The SMILES string of the molecule is CCCCNC(=O)C(C)Nc1ccc(Cl)c(OC)c1. The molecule has 5 heteroatoms. The van der Waals surface area contributed by atoms with Crippen LogP contribution in [0.1, 0.15) is 26.7 Å². The van der Waals surface area contributed by atoms with Gasteiger partial charge in [0, 0.05) is 18.3 Å². The zero-order valence-electron chi connectivity index (χ0n) is 11.6. The number of unbranched alkanes of at least 4 members (excludes halogenated alkanes) is 1. The second-order valence-electron chi connectivity index (χ2n) is 4.36. The molecule has 106 valence electrons. The molecule has 0 heterocycles. The zero-order valence-corrected chi connectivity index (χ0v) is 12.4. The van der Waals surface area contributed by atoms with Crippen molar-refractivity contribution in [3.8, 4) is 5.75 Å². The van der Waals surface area contributed by atoms with E-state index < -0.39 is 0 Å². The van der Waals surface area contributed by atoms with E-state index in [0.29, 0.717) is 17.3 Å². The van der Waals surface area contributed by atoms with E-state index in [1.165, 1.54) is 0 Å². The number of carbonyl (C=O) groups is 1. The molecule has 1 amide bonds. The Bertz CT molecular complexity index is 424. The number of halogens is 1. The number of carbonyl (C=O) groups excluding carboxylic acids is 1. The lowest BCUT2D eigenvalue weighted by molar-refractivity contribution is -0.121. The standard InChI is InChI=1S/C14H21ClN2O2/c1-4-5-8-16-14(18)10(2)17-11-6-7-12(15)13(9-11)19-3/h6-7,9-10,17H,4-5,8H2,1-3H3,(H,16,18). The fourth-order valence-corrected chi connectivity index (χ4v) is 1.80. The van der Waals surface area contributed by atoms with Gasteiger partial charge in [-0.2, -0.15) is 0 Å². The number of hydrogen-bond acceptors (Lipinski definition) is 3. The minimum absolute atomic E-state index is 0.0117. The van der Waals surface area contributed by atoms with Crippen LogP contribution in [0.2, 0.25) is 5.02 Å². The Morgan fingerprint density at radius 2 is 2.21 bits per heavy atom. The van der Waals surface area contributed by atoms with Crippen molar-refractivity contribution in [2.24, 2.45) is 0 Å². The van der Waals surface area contributed by atoms with Crippen molar-refractivity contribution in [3.05, 3.63) is 23.2 Å². The molecule has 4 nitrogen and oxygen atoms in total. The summed E-state index contributed by atoms with van der Waals surface area (Å²) in [6, 6.07) is 5.03. The molecular formula is C14H21ClN2O2. The summed E-state index contributed by atoms with van der Waals surface area (Å²) in [6.07, 6.45) is 2.06. The molecule has 1 rings (SSSR count). The highest BCUT2D eigenvalue weighted by atomic mass is 35.5. The van der Waals surface area contributed by atoms with Crippen molar-refractivity contribution in [2.75, 3.05) is 19.0 Å². The molecule has 0 fully saturated rings. The van der Waals surface area contributed by atoms with Crippen molar-refractivity contribution in [3.63, 3.8) is 0 Å². The lowest BCUT2D eigenvalue weighted by Gasteiger charge is -2.16. The van der Waals surface area contributed by atoms with Crippen molar-refractivity contribution in [1.29, 1.82) is 0 Å². The van der Waals surface area contributed by atoms with Crippen LogP contribution in [0.15, 0.2) is 18.2 Å². The number of ether oxygens (including phenoxy) is 1. The van der Waals surface area contributed by atoms with Gasteiger partial charge in [-0.15, -0.1) is 0 Å². The van der Waals surface area contributed by atoms with Crippen LogP contribution >= 0.6 is 11.6 Å². The molecule has 1 aromatic rings. The second-order valence-corrected chi connectivity index (χ2v) is 4.77. The predicted molar refractivity (Wildman–Crippen MR) is 79.0 cm³/mol. The van der Waals surface area contributed by atoms with Gasteiger partial charge in [0.25, 0.3) is 0 Å². The maximum absolute atomic E-state index is 11.8. The molecule has 0 radical (unpaired) electrons. The Labute approximate surface area is 119 Å². The molecule has 0 saturated carbocycles. The van der Waals surface area contributed by atoms with Gasteiger partial charge in [-0.05, 0) is 25.5 Å². The summed E-state index contributed by atoms with van der Waals surface area (Å²) in [4.78, 5) is 11.8. The quantitative estimate of drug-likeness (QED) is 0.757. The van der Waals surface area contributed by atoms with Crippen LogP contribution in [0, 0.1) is 0 Å². The maximum atomic E-state index is 11.8. The Kier molecular flexibility index (Phi) is 6.50. The first kappa shape index (κ1) is 15.6. The van der Waals surface area contributed by atoms with Crippen LogP contribution in [-0.2, 0) is 4.79 Å². The van der Waals surface area contributed by atoms with Crippen LogP contribution in [0.5, 0.6) is 5.75 Å². The summed E-state index contributed by atoms with van der Waals surface area (Å²) in [5, 5.41) is 6.55. The van der Waals surface area contributed by atoms with Gasteiger partial charge in [-0.25, -0.2) is 0 Å². The molecule has 2 N–H and O–H groups in total. The number of methoxy groups -OCH3 is 1. The van der Waals surface area contributed by atoms with Gasteiger partial charge in [-0.3, -0.25) is 4.79 Å². The van der Waals surface area contributed by atoms with Crippen molar-refractivity contribution in [1.82, 2.24) is 5.32 Å². The van der Waals surface area contributed by atoms with Crippen LogP contribution in [0.3, 0.4) is 0 Å². The number of nitrogens with one attached hydrogen (secondary N) is 2. The lowest BCUT2D eigenvalue weighted by atomic mass is 10.2. The molecule has 0 aromatic heterocycles. The third kappa shape index (κ3) is 4.99. The molecule has 0 aliphatic rings. The van der Waals surface area contributed by atoms with Crippen LogP contribution in [0.25, 0.3) is 0 Å². The lowest BCUT2D eigenvalue weighted by Crippen LogP contribution is -2.37. The van der Waals surface area contributed by atoms with E-state index in [9.17, 15) is 4.79 Å². The number of amides is 1. The van der Waals surface area contributed by atoms with Crippen LogP contribution in [0.4, 0.5) is 5.69 Å². The highest BCUT2D eigenvalue weighted by molar-refractivity contribution is 6.32. The Morgan fingerprint density at radius 1 is 1.47 bits per heavy atom. The van der Waals surface area contributed by atoms with E-state index >= 15 is 0 Å². The van der Waals surface area contributed by atoms with Gasteiger partial charge >= 0.3 is 0 Å². The summed E-state index contributed by atoms with van der Waals surface area (Å²) in [5.74, 6) is 0.577. The fourth-order valence-electron chi connectivity index (χ4n) is 1.61. The largest absolute Gasteiger partial charge is 0.495 e. The minimum atomic E-state index is -0.303. The number of benzene rings is 1. The molecule has 1 aromatic carbocycles. The van der Waals surface area contributed by atoms with Crippen LogP contribution < -0.4 is 15.4 Å². The monoisotopic (exact) mass is 284 g/mol. The molecule has 0 bridgehead atoms. The summed E-state index contributed by atoms with van der Waals surface area (Å²) in [6.45, 7) is 4.63. The molecular weight excluding hydrogens is 264 g/mol. The summed E-state index contributed by atoms with van der Waals surface area (Å²) >= 11 is 5.95. The van der Waals surface area contributed by atoms with E-state index in [4.69, 9.17) is 16.3 Å². The summed E-state index contributed by atoms with van der Waals surface area (Å²) < 4.78 is 5.13. The topological polar surface area (TPSA) is 50.4 Å². The number of hydrogen-bond donors (Lipinski definition) is 2. The van der Waals surface area contributed by atoms with E-state index in [-0.39, 0.29) is 11.9 Å². The number of rotatable bonds is 7. The normalized spacial score (nSPS) is 11.8. The highest BCUT2D eigenvalue weighted by Crippen LogP contribution is 2.27. The van der Waals surface area contributed by atoms with Crippen molar-refractivity contribution in [2.45, 2.75) is 32.7 Å². The van der Waals surface area contributed by atoms with Gasteiger partial charge in [-0.1, -0.05) is 24.9 Å². The Balaban J connectivity index is 2.56. The minimum Gasteiger partial charge on any atom is -0.495 e. The first-order valence-corrected chi connectivity index (χ1v) is 6.84. The molecule has 0 spiro atoms. The third-order valence-electron chi connectivity index (χ3n) is 2.76. The molecule has 0 aliphatic heterocycles. The summed E-state index contributed by atoms with van der Waals surface area (Å²) in [7, 11) is 1.56. The predicted octanol–water partition coefficient (Wildman–Crippen LogP) is 3.07. The van der Waals surface area contributed by atoms with Gasteiger partial charge in [0.2, 0.25) is 5.91 Å². The zero-order chi connectivity index (χ0) is 14.3. The maximum Gasteiger partial charge on any atom is 0.242 e. The fraction of sp³-hybridized carbons (Fsp3) is 0.500. The molecule has 1 unspecified atom stereocenters. The van der Waals surface area contributed by atoms with Crippen molar-refractivity contribution < 1.29 is 9.53 Å². The van der Waals surface area contributed by atoms with Gasteiger partial charge in [0.05, 0.1) is 12.1 Å². The smallest absolute Gasteiger partial charge is 0.242 e. The molecule has 19 heavy (non-hydrogen) atoms. The molecule has 0 saturated heterocycles.